The van der Waals surface area contributed by atoms with Gasteiger partial charge in [-0.1, -0.05) is 43.7 Å². The van der Waals surface area contributed by atoms with Gasteiger partial charge in [0.25, 0.3) is 5.91 Å². The SMILES string of the molecule is Cc1ccc(-c2c(CN)c(CC(C)C)nc(C)c2NC(=O)c2cc(C)oc2C)cc1. The highest BCUT2D eigenvalue weighted by atomic mass is 16.3. The van der Waals surface area contributed by atoms with E-state index in [4.69, 9.17) is 15.1 Å². The Morgan fingerprint density at radius 2 is 1.80 bits per heavy atom. The maximum absolute atomic E-state index is 13.1. The van der Waals surface area contributed by atoms with Gasteiger partial charge in [0.1, 0.15) is 11.5 Å². The molecule has 0 saturated carbocycles. The van der Waals surface area contributed by atoms with Gasteiger partial charge in [-0.3, -0.25) is 9.78 Å². The number of nitrogens with one attached hydrogen (secondary N) is 1. The van der Waals surface area contributed by atoms with E-state index in [1.807, 2.05) is 13.8 Å². The van der Waals surface area contributed by atoms with E-state index in [1.165, 1.54) is 5.56 Å². The molecular weight excluding hydrogens is 374 g/mol. The zero-order valence-corrected chi connectivity index (χ0v) is 18.7. The van der Waals surface area contributed by atoms with Crippen molar-refractivity contribution in [3.05, 3.63) is 69.9 Å². The van der Waals surface area contributed by atoms with Crippen LogP contribution in [0.5, 0.6) is 0 Å². The molecule has 0 atom stereocenters. The molecule has 30 heavy (non-hydrogen) atoms. The second-order valence-electron chi connectivity index (χ2n) is 8.32. The van der Waals surface area contributed by atoms with Crippen LogP contribution in [-0.4, -0.2) is 10.9 Å². The van der Waals surface area contributed by atoms with Gasteiger partial charge in [-0.2, -0.15) is 0 Å². The number of nitrogens with zero attached hydrogens (tertiary/aromatic N) is 1. The smallest absolute Gasteiger partial charge is 0.259 e. The van der Waals surface area contributed by atoms with Crippen molar-refractivity contribution in [2.45, 2.75) is 54.5 Å². The number of carbonyl (C=O) groups excluding carboxylic acids is 1. The van der Waals surface area contributed by atoms with Crippen LogP contribution in [0.4, 0.5) is 5.69 Å². The molecule has 0 spiro atoms. The molecular formula is C25H31N3O2. The Bertz CT molecular complexity index is 1060. The highest BCUT2D eigenvalue weighted by Gasteiger charge is 2.22. The van der Waals surface area contributed by atoms with Crippen LogP contribution in [0, 0.1) is 33.6 Å². The van der Waals surface area contributed by atoms with Gasteiger partial charge in [0.15, 0.2) is 0 Å². The standard InChI is InChI=1S/C25H31N3O2/c1-14(2)11-22-21(13-26)23(19-9-7-15(3)8-10-19)24(17(5)27-22)28-25(29)20-12-16(4)30-18(20)6/h7-10,12,14H,11,13,26H2,1-6H3,(H,28,29). The van der Waals surface area contributed by atoms with E-state index in [0.29, 0.717) is 35.2 Å². The van der Waals surface area contributed by atoms with Crippen molar-refractivity contribution in [2.75, 3.05) is 5.32 Å². The Kier molecular flexibility index (Phi) is 6.42. The molecule has 158 valence electrons. The molecule has 1 aromatic carbocycles. The zero-order chi connectivity index (χ0) is 22.0. The zero-order valence-electron chi connectivity index (χ0n) is 18.7. The minimum Gasteiger partial charge on any atom is -0.466 e. The average Bonchev–Trinajstić information content (AvgIpc) is 3.02. The van der Waals surface area contributed by atoms with Crippen LogP contribution in [-0.2, 0) is 13.0 Å². The predicted octanol–water partition coefficient (Wildman–Crippen LogP) is 5.48. The van der Waals surface area contributed by atoms with Crippen molar-refractivity contribution in [2.24, 2.45) is 11.7 Å². The van der Waals surface area contributed by atoms with E-state index < -0.39 is 0 Å². The Morgan fingerprint density at radius 3 is 2.33 bits per heavy atom. The Hall–Kier alpha value is -2.92. The van der Waals surface area contributed by atoms with Gasteiger partial charge in [-0.25, -0.2) is 0 Å². The van der Waals surface area contributed by atoms with E-state index in [-0.39, 0.29) is 5.91 Å². The summed E-state index contributed by atoms with van der Waals surface area (Å²) in [6.07, 6.45) is 0.834. The molecule has 0 bridgehead atoms. The number of furan rings is 1. The summed E-state index contributed by atoms with van der Waals surface area (Å²) in [6.45, 7) is 12.3. The molecule has 3 aromatic rings. The molecule has 0 aliphatic carbocycles. The number of benzene rings is 1. The highest BCUT2D eigenvalue weighted by Crippen LogP contribution is 2.36. The minimum atomic E-state index is -0.206. The average molecular weight is 406 g/mol. The summed E-state index contributed by atoms with van der Waals surface area (Å²) in [4.78, 5) is 17.9. The van der Waals surface area contributed by atoms with Gasteiger partial charge in [-0.15, -0.1) is 0 Å². The van der Waals surface area contributed by atoms with Crippen LogP contribution < -0.4 is 11.1 Å². The fraction of sp³-hybridized carbons (Fsp3) is 0.360. The van der Waals surface area contributed by atoms with Crippen molar-refractivity contribution in [3.63, 3.8) is 0 Å². The fourth-order valence-corrected chi connectivity index (χ4v) is 3.81. The third-order valence-corrected chi connectivity index (χ3v) is 5.23. The lowest BCUT2D eigenvalue weighted by Gasteiger charge is -2.21. The lowest BCUT2D eigenvalue weighted by atomic mass is 9.92. The molecule has 0 radical (unpaired) electrons. The first-order valence-corrected chi connectivity index (χ1v) is 10.4. The number of hydrogen-bond donors (Lipinski definition) is 2. The first-order chi connectivity index (χ1) is 14.2. The number of nitrogens with two attached hydrogens (primary N) is 1. The van der Waals surface area contributed by atoms with Gasteiger partial charge in [0.05, 0.1) is 16.9 Å². The van der Waals surface area contributed by atoms with Gasteiger partial charge < -0.3 is 15.5 Å². The molecule has 0 aliphatic heterocycles. The molecule has 2 aromatic heterocycles. The monoisotopic (exact) mass is 405 g/mol. The normalized spacial score (nSPS) is 11.2. The molecule has 5 heteroatoms. The molecule has 1 amide bonds. The van der Waals surface area contributed by atoms with Crippen LogP contribution >= 0.6 is 0 Å². The number of amides is 1. The van der Waals surface area contributed by atoms with E-state index in [9.17, 15) is 4.79 Å². The largest absolute Gasteiger partial charge is 0.466 e. The lowest BCUT2D eigenvalue weighted by Crippen LogP contribution is -2.18. The van der Waals surface area contributed by atoms with E-state index in [0.717, 1.165) is 34.5 Å². The Labute approximate surface area is 178 Å². The highest BCUT2D eigenvalue weighted by molar-refractivity contribution is 6.07. The second-order valence-corrected chi connectivity index (χ2v) is 8.32. The number of aromatic nitrogens is 1. The fourth-order valence-electron chi connectivity index (χ4n) is 3.81. The molecule has 0 fully saturated rings. The van der Waals surface area contributed by atoms with Crippen molar-refractivity contribution in [3.8, 4) is 11.1 Å². The van der Waals surface area contributed by atoms with Gasteiger partial charge >= 0.3 is 0 Å². The first kappa shape index (κ1) is 21.8. The summed E-state index contributed by atoms with van der Waals surface area (Å²) in [5.74, 6) is 1.55. The molecule has 3 rings (SSSR count). The van der Waals surface area contributed by atoms with Crippen molar-refractivity contribution >= 4 is 11.6 Å². The van der Waals surface area contributed by atoms with Gasteiger partial charge in [0, 0.05) is 17.8 Å². The number of pyridine rings is 1. The van der Waals surface area contributed by atoms with E-state index in [2.05, 4.69) is 50.4 Å². The van der Waals surface area contributed by atoms with Crippen molar-refractivity contribution in [1.29, 1.82) is 0 Å². The van der Waals surface area contributed by atoms with Crippen LogP contribution in [0.15, 0.2) is 34.7 Å². The quantitative estimate of drug-likeness (QED) is 0.568. The van der Waals surface area contributed by atoms with Crippen molar-refractivity contribution in [1.82, 2.24) is 4.98 Å². The second kappa shape index (κ2) is 8.84. The summed E-state index contributed by atoms with van der Waals surface area (Å²) >= 11 is 0. The molecule has 3 N–H and O–H groups in total. The van der Waals surface area contributed by atoms with Crippen LogP contribution in [0.3, 0.4) is 0 Å². The van der Waals surface area contributed by atoms with Crippen molar-refractivity contribution < 1.29 is 9.21 Å². The number of anilines is 1. The maximum atomic E-state index is 13.1. The summed E-state index contributed by atoms with van der Waals surface area (Å²) in [5, 5.41) is 3.10. The molecule has 0 unspecified atom stereocenters. The number of rotatable bonds is 6. The van der Waals surface area contributed by atoms with Crippen LogP contribution in [0.1, 0.15) is 58.2 Å². The maximum Gasteiger partial charge on any atom is 0.259 e. The summed E-state index contributed by atoms with van der Waals surface area (Å²) in [7, 11) is 0. The number of aryl methyl sites for hydroxylation is 4. The first-order valence-electron chi connectivity index (χ1n) is 10.4. The van der Waals surface area contributed by atoms with Gasteiger partial charge in [0.2, 0.25) is 0 Å². The molecule has 0 saturated heterocycles. The lowest BCUT2D eigenvalue weighted by molar-refractivity contribution is 0.102. The number of hydrogen-bond acceptors (Lipinski definition) is 4. The van der Waals surface area contributed by atoms with E-state index >= 15 is 0 Å². The van der Waals surface area contributed by atoms with Crippen LogP contribution in [0.25, 0.3) is 11.1 Å². The Balaban J connectivity index is 2.19. The van der Waals surface area contributed by atoms with Crippen LogP contribution in [0.2, 0.25) is 0 Å². The third kappa shape index (κ3) is 4.46. The summed E-state index contributed by atoms with van der Waals surface area (Å²) in [6, 6.07) is 10.1. The topological polar surface area (TPSA) is 81.1 Å². The third-order valence-electron chi connectivity index (χ3n) is 5.23. The predicted molar refractivity (Wildman–Crippen MR) is 122 cm³/mol. The van der Waals surface area contributed by atoms with Gasteiger partial charge in [-0.05, 0) is 57.2 Å². The van der Waals surface area contributed by atoms with E-state index in [1.54, 1.807) is 13.0 Å². The number of carbonyl (C=O) groups is 1. The molecule has 2 heterocycles. The minimum absolute atomic E-state index is 0.206. The Morgan fingerprint density at radius 1 is 1.13 bits per heavy atom. The summed E-state index contributed by atoms with van der Waals surface area (Å²) < 4.78 is 5.54. The molecule has 5 nitrogen and oxygen atoms in total. The molecule has 0 aliphatic rings. The summed E-state index contributed by atoms with van der Waals surface area (Å²) in [5.41, 5.74) is 13.4.